The van der Waals surface area contributed by atoms with E-state index in [4.69, 9.17) is 36.8 Å². The summed E-state index contributed by atoms with van der Waals surface area (Å²) in [6, 6.07) is 0. The molecule has 0 spiro atoms. The minimum absolute atomic E-state index is 0.0397. The zero-order valence-electron chi connectivity index (χ0n) is 11.8. The van der Waals surface area contributed by atoms with Crippen LogP contribution in [0.2, 0.25) is 0 Å². The first-order valence-corrected chi connectivity index (χ1v) is 8.24. The van der Waals surface area contributed by atoms with Gasteiger partial charge in [0.15, 0.2) is 0 Å². The molecular weight excluding hydrogens is 330 g/mol. The van der Waals surface area contributed by atoms with Gasteiger partial charge < -0.3 is 9.26 Å². The number of halogens is 2. The van der Waals surface area contributed by atoms with Gasteiger partial charge >= 0.3 is 13.8 Å². The quantitative estimate of drug-likeness (QED) is 0.209. The van der Waals surface area contributed by atoms with Crippen molar-refractivity contribution in [3.05, 3.63) is 11.8 Å². The second kappa shape index (κ2) is 9.64. The fourth-order valence-corrected chi connectivity index (χ4v) is 2.66. The van der Waals surface area contributed by atoms with Gasteiger partial charge in [-0.25, -0.2) is 9.36 Å². The Hall–Kier alpha value is -0.260. The van der Waals surface area contributed by atoms with Crippen LogP contribution in [0.3, 0.4) is 0 Å². The molecule has 0 aromatic heterocycles. The van der Waals surface area contributed by atoms with E-state index >= 15 is 0 Å². The van der Waals surface area contributed by atoms with Crippen molar-refractivity contribution >= 4 is 37.0 Å². The van der Waals surface area contributed by atoms with E-state index in [2.05, 4.69) is 4.74 Å². The lowest BCUT2D eigenvalue weighted by atomic mass is 10.5. The van der Waals surface area contributed by atoms with Crippen LogP contribution >= 0.6 is 31.0 Å². The second-order valence-electron chi connectivity index (χ2n) is 4.02. The molecule has 0 aliphatic heterocycles. The number of methoxy groups -OCH3 is 1. The molecule has 0 rings (SSSR count). The maximum atomic E-state index is 12.4. The predicted molar refractivity (Wildman–Crippen MR) is 77.0 cm³/mol. The smallest absolute Gasteiger partial charge is 0.466 e. The van der Waals surface area contributed by atoms with Gasteiger partial charge in [0.1, 0.15) is 5.76 Å². The van der Waals surface area contributed by atoms with Gasteiger partial charge in [0.25, 0.3) is 0 Å². The van der Waals surface area contributed by atoms with Crippen molar-refractivity contribution in [3.8, 4) is 0 Å². The Balaban J connectivity index is 4.82. The van der Waals surface area contributed by atoms with Gasteiger partial charge in [0, 0.05) is 5.88 Å². The van der Waals surface area contributed by atoms with Gasteiger partial charge in [-0.15, -0.1) is 23.2 Å². The highest BCUT2D eigenvalue weighted by molar-refractivity contribution is 7.48. The zero-order valence-corrected chi connectivity index (χ0v) is 14.2. The van der Waals surface area contributed by atoms with Gasteiger partial charge in [-0.3, -0.25) is 9.05 Å². The molecule has 0 aliphatic rings. The Bertz CT molecular complexity index is 385. The predicted octanol–water partition coefficient (Wildman–Crippen LogP) is 3.48. The minimum atomic E-state index is -3.88. The number of phosphoric acid groups is 1. The van der Waals surface area contributed by atoms with Crippen LogP contribution in [-0.2, 0) is 27.7 Å². The summed E-state index contributed by atoms with van der Waals surface area (Å²) in [4.78, 5) is 11.1. The average molecular weight is 349 g/mol. The Labute approximate surface area is 128 Å². The molecule has 118 valence electrons. The van der Waals surface area contributed by atoms with E-state index in [1.54, 1.807) is 13.8 Å². The Morgan fingerprint density at radius 3 is 2.45 bits per heavy atom. The second-order valence-corrected chi connectivity index (χ2v) is 6.49. The Morgan fingerprint density at radius 1 is 1.40 bits per heavy atom. The molecule has 0 saturated heterocycles. The maximum absolute atomic E-state index is 12.4. The molecule has 0 radical (unpaired) electrons. The molecule has 0 N–H and O–H groups in total. The molecule has 2 unspecified atom stereocenters. The number of alkyl halides is 2. The third kappa shape index (κ3) is 8.82. The number of hydrogen-bond acceptors (Lipinski definition) is 6. The van der Waals surface area contributed by atoms with Gasteiger partial charge in [-0.2, -0.15) is 0 Å². The highest BCUT2D eigenvalue weighted by Gasteiger charge is 2.31. The molecule has 20 heavy (non-hydrogen) atoms. The van der Waals surface area contributed by atoms with E-state index in [0.717, 1.165) is 6.08 Å². The van der Waals surface area contributed by atoms with Crippen LogP contribution in [0.1, 0.15) is 20.8 Å². The molecule has 9 heteroatoms. The van der Waals surface area contributed by atoms with Gasteiger partial charge in [-0.05, 0) is 20.8 Å². The maximum Gasteiger partial charge on any atom is 0.530 e. The number of esters is 1. The van der Waals surface area contributed by atoms with Crippen molar-refractivity contribution in [1.82, 2.24) is 0 Å². The van der Waals surface area contributed by atoms with E-state index in [0.29, 0.717) is 0 Å². The molecule has 6 nitrogen and oxygen atoms in total. The monoisotopic (exact) mass is 348 g/mol. The van der Waals surface area contributed by atoms with Gasteiger partial charge in [-0.1, -0.05) is 0 Å². The van der Waals surface area contributed by atoms with Crippen molar-refractivity contribution in [2.45, 2.75) is 32.3 Å². The molecule has 0 aliphatic carbocycles. The summed E-state index contributed by atoms with van der Waals surface area (Å²) >= 11 is 11.3. The SMILES string of the molecule is COC(=O)/C=C(\C)OP(=O)(OCC(Cl)CCl)OC(C)C. The largest absolute Gasteiger partial charge is 0.530 e. The number of hydrogen-bond donors (Lipinski definition) is 0. The summed E-state index contributed by atoms with van der Waals surface area (Å²) < 4.78 is 32.1. The van der Waals surface area contributed by atoms with Crippen molar-refractivity contribution in [1.29, 1.82) is 0 Å². The third-order valence-electron chi connectivity index (χ3n) is 1.70. The Morgan fingerprint density at radius 2 is 2.00 bits per heavy atom. The molecule has 0 bridgehead atoms. The molecule has 2 atom stereocenters. The summed E-state index contributed by atoms with van der Waals surface area (Å²) in [6.07, 6.45) is 0.621. The van der Waals surface area contributed by atoms with Crippen LogP contribution in [0.4, 0.5) is 0 Å². The van der Waals surface area contributed by atoms with Crippen LogP contribution in [0.15, 0.2) is 11.8 Å². The first-order chi connectivity index (χ1) is 9.22. The number of allylic oxidation sites excluding steroid dienone is 1. The summed E-state index contributed by atoms with van der Waals surface area (Å²) in [5, 5.41) is -0.533. The van der Waals surface area contributed by atoms with Crippen molar-refractivity contribution in [2.75, 3.05) is 19.6 Å². The molecule has 0 amide bonds. The van der Waals surface area contributed by atoms with Crippen molar-refractivity contribution in [2.24, 2.45) is 0 Å². The summed E-state index contributed by atoms with van der Waals surface area (Å²) in [7, 11) is -2.67. The van der Waals surface area contributed by atoms with Crippen LogP contribution in [-0.4, -0.2) is 37.0 Å². The van der Waals surface area contributed by atoms with E-state index in [1.165, 1.54) is 14.0 Å². The first-order valence-electron chi connectivity index (χ1n) is 5.81. The molecule has 0 aromatic rings. The lowest BCUT2D eigenvalue weighted by molar-refractivity contribution is -0.135. The van der Waals surface area contributed by atoms with Crippen molar-refractivity contribution in [3.63, 3.8) is 0 Å². The standard InChI is InChI=1S/C11H19Cl2O6P/c1-8(2)18-20(15,17-7-10(13)6-12)19-9(3)5-11(14)16-4/h5,8,10H,6-7H2,1-4H3/b9-5+. The fourth-order valence-electron chi connectivity index (χ4n) is 0.981. The Kier molecular flexibility index (Phi) is 9.51. The van der Waals surface area contributed by atoms with Gasteiger partial charge in [0.2, 0.25) is 0 Å². The summed E-state index contributed by atoms with van der Waals surface area (Å²) in [5.74, 6) is -0.479. The number of rotatable bonds is 9. The lowest BCUT2D eigenvalue weighted by Gasteiger charge is -2.21. The van der Waals surface area contributed by atoms with Crippen LogP contribution in [0.5, 0.6) is 0 Å². The lowest BCUT2D eigenvalue weighted by Crippen LogP contribution is -2.13. The highest BCUT2D eigenvalue weighted by Crippen LogP contribution is 2.52. The molecule has 0 saturated carbocycles. The number of carbonyl (C=O) groups is 1. The van der Waals surface area contributed by atoms with Crippen molar-refractivity contribution < 1.29 is 27.7 Å². The highest BCUT2D eigenvalue weighted by atomic mass is 35.5. The minimum Gasteiger partial charge on any atom is -0.466 e. The summed E-state index contributed by atoms with van der Waals surface area (Å²) in [5.41, 5.74) is 0. The van der Waals surface area contributed by atoms with Crippen LogP contribution < -0.4 is 0 Å². The van der Waals surface area contributed by atoms with Crippen LogP contribution in [0, 0.1) is 0 Å². The average Bonchev–Trinajstić information content (AvgIpc) is 2.34. The zero-order chi connectivity index (χ0) is 15.8. The van der Waals surface area contributed by atoms with E-state index in [9.17, 15) is 9.36 Å². The van der Waals surface area contributed by atoms with Gasteiger partial charge in [0.05, 0.1) is 31.3 Å². The van der Waals surface area contributed by atoms with E-state index in [-0.39, 0.29) is 18.2 Å². The number of ether oxygens (including phenoxy) is 1. The molecule has 0 heterocycles. The van der Waals surface area contributed by atoms with E-state index < -0.39 is 25.3 Å². The first kappa shape index (κ1) is 19.7. The third-order valence-corrected chi connectivity index (χ3v) is 4.17. The van der Waals surface area contributed by atoms with Crippen LogP contribution in [0.25, 0.3) is 0 Å². The molecule has 0 fully saturated rings. The number of carbonyl (C=O) groups excluding carboxylic acids is 1. The normalized spacial score (nSPS) is 16.6. The van der Waals surface area contributed by atoms with E-state index in [1.807, 2.05) is 0 Å². The molecular formula is C11H19Cl2O6P. The molecule has 0 aromatic carbocycles. The summed E-state index contributed by atoms with van der Waals surface area (Å²) in [6.45, 7) is 4.65. The number of phosphoric ester groups is 1. The fraction of sp³-hybridized carbons (Fsp3) is 0.727. The topological polar surface area (TPSA) is 71.1 Å².